The number of aromatic nitrogens is 1. The van der Waals surface area contributed by atoms with E-state index in [2.05, 4.69) is 21.8 Å². The van der Waals surface area contributed by atoms with Gasteiger partial charge in [0.05, 0.1) is 18.1 Å². The molecule has 0 fully saturated rings. The van der Waals surface area contributed by atoms with E-state index in [1.165, 1.54) is 11.6 Å². The van der Waals surface area contributed by atoms with Crippen LogP contribution >= 0.6 is 0 Å². The number of hydrazone groups is 1. The summed E-state index contributed by atoms with van der Waals surface area (Å²) in [4.78, 5) is 4.56. The average molecular weight is 400 g/mol. The summed E-state index contributed by atoms with van der Waals surface area (Å²) in [5.74, 6) is 0.359. The van der Waals surface area contributed by atoms with Crippen LogP contribution in [0.1, 0.15) is 23.8 Å². The fourth-order valence-electron chi connectivity index (χ4n) is 3.06. The van der Waals surface area contributed by atoms with Crippen LogP contribution in [0.15, 0.2) is 93.3 Å². The lowest BCUT2D eigenvalue weighted by Gasteiger charge is -2.18. The van der Waals surface area contributed by atoms with Crippen molar-refractivity contribution in [2.24, 2.45) is 10.1 Å². The molecule has 1 aliphatic heterocycles. The summed E-state index contributed by atoms with van der Waals surface area (Å²) in [5.41, 5.74) is 5.24. The number of rotatable bonds is 5. The number of allylic oxidation sites excluding steroid dienone is 1. The molecule has 0 bridgehead atoms. The normalized spacial score (nSPS) is 14.2. The van der Waals surface area contributed by atoms with E-state index in [0.717, 1.165) is 11.3 Å². The molecule has 0 aliphatic carbocycles. The van der Waals surface area contributed by atoms with Gasteiger partial charge in [-0.05, 0) is 19.9 Å². The van der Waals surface area contributed by atoms with Crippen molar-refractivity contribution in [3.63, 3.8) is 0 Å². The predicted molar refractivity (Wildman–Crippen MR) is 117 cm³/mol. The first-order valence-electron chi connectivity index (χ1n) is 9.54. The van der Waals surface area contributed by atoms with Crippen molar-refractivity contribution in [1.29, 1.82) is 0 Å². The van der Waals surface area contributed by atoms with Gasteiger partial charge in [-0.2, -0.15) is 5.10 Å². The molecular formula is C24H21FN4O. The van der Waals surface area contributed by atoms with Crippen molar-refractivity contribution in [2.75, 3.05) is 0 Å². The Morgan fingerprint density at radius 3 is 2.70 bits per heavy atom. The number of aliphatic imine (C=N–C) groups is 1. The number of hydrogen-bond donors (Lipinski definition) is 0. The Hall–Kier alpha value is -3.80. The molecule has 30 heavy (non-hydrogen) atoms. The molecule has 6 heteroatoms. The van der Waals surface area contributed by atoms with Gasteiger partial charge in [-0.1, -0.05) is 59.8 Å². The molecule has 0 radical (unpaired) electrons. The lowest BCUT2D eigenvalue weighted by Crippen LogP contribution is -2.15. The standard InChI is InChI=1S/C24H21FN4O/c1-16-8-10-19(11-9-16)23-12-20(30-28-23)14-29-15-24(17(2)13-26-29)27-18(3)21-6-4-5-7-22(21)25/h4-13,15H,2,14H2,1,3H3. The zero-order chi connectivity index (χ0) is 21.1. The Balaban J connectivity index is 1.53. The van der Waals surface area contributed by atoms with Crippen molar-refractivity contribution in [3.8, 4) is 11.3 Å². The molecule has 2 aromatic carbocycles. The van der Waals surface area contributed by atoms with Crippen LogP contribution in [0.5, 0.6) is 0 Å². The molecular weight excluding hydrogens is 379 g/mol. The van der Waals surface area contributed by atoms with E-state index < -0.39 is 0 Å². The molecule has 0 spiro atoms. The quantitative estimate of drug-likeness (QED) is 0.532. The van der Waals surface area contributed by atoms with Gasteiger partial charge in [-0.3, -0.25) is 10.0 Å². The second-order valence-corrected chi connectivity index (χ2v) is 7.10. The Labute approximate surface area is 174 Å². The molecule has 2 heterocycles. The third kappa shape index (κ3) is 4.27. The van der Waals surface area contributed by atoms with Crippen LogP contribution in [0.25, 0.3) is 11.3 Å². The minimum Gasteiger partial charge on any atom is -0.359 e. The van der Waals surface area contributed by atoms with E-state index in [4.69, 9.17) is 4.52 Å². The molecule has 0 saturated carbocycles. The van der Waals surface area contributed by atoms with E-state index in [0.29, 0.717) is 34.9 Å². The Kier molecular flexibility index (Phi) is 5.39. The Morgan fingerprint density at radius 1 is 1.17 bits per heavy atom. The second-order valence-electron chi connectivity index (χ2n) is 7.10. The van der Waals surface area contributed by atoms with Crippen LogP contribution in [0, 0.1) is 12.7 Å². The highest BCUT2D eigenvalue weighted by Gasteiger charge is 2.14. The van der Waals surface area contributed by atoms with E-state index in [9.17, 15) is 4.39 Å². The molecule has 3 aromatic rings. The van der Waals surface area contributed by atoms with E-state index in [-0.39, 0.29) is 5.82 Å². The molecule has 5 nitrogen and oxygen atoms in total. The maximum absolute atomic E-state index is 14.0. The summed E-state index contributed by atoms with van der Waals surface area (Å²) in [5, 5.41) is 10.2. The van der Waals surface area contributed by atoms with Crippen molar-refractivity contribution < 1.29 is 8.91 Å². The minimum absolute atomic E-state index is 0.309. The van der Waals surface area contributed by atoms with Gasteiger partial charge < -0.3 is 4.52 Å². The molecule has 0 N–H and O–H groups in total. The minimum atomic E-state index is -0.309. The maximum Gasteiger partial charge on any atom is 0.158 e. The summed E-state index contributed by atoms with van der Waals surface area (Å²) in [6, 6.07) is 16.5. The van der Waals surface area contributed by atoms with Gasteiger partial charge in [0, 0.05) is 28.5 Å². The first kappa shape index (κ1) is 19.5. The first-order chi connectivity index (χ1) is 14.5. The average Bonchev–Trinajstić information content (AvgIpc) is 3.20. The topological polar surface area (TPSA) is 54.0 Å². The second kappa shape index (κ2) is 8.29. The summed E-state index contributed by atoms with van der Waals surface area (Å²) < 4.78 is 19.5. The molecule has 1 aromatic heterocycles. The third-order valence-electron chi connectivity index (χ3n) is 4.74. The molecule has 1 aliphatic rings. The summed E-state index contributed by atoms with van der Waals surface area (Å²) in [6.45, 7) is 8.18. The molecule has 0 unspecified atom stereocenters. The van der Waals surface area contributed by atoms with Crippen LogP contribution in [-0.4, -0.2) is 22.1 Å². The van der Waals surface area contributed by atoms with Gasteiger partial charge in [-0.25, -0.2) is 4.39 Å². The zero-order valence-corrected chi connectivity index (χ0v) is 16.8. The number of hydrogen-bond acceptors (Lipinski definition) is 5. The number of benzene rings is 2. The van der Waals surface area contributed by atoms with Gasteiger partial charge in [0.1, 0.15) is 18.1 Å². The van der Waals surface area contributed by atoms with Crippen LogP contribution in [0.2, 0.25) is 0 Å². The van der Waals surface area contributed by atoms with Gasteiger partial charge in [-0.15, -0.1) is 0 Å². The van der Waals surface area contributed by atoms with Crippen LogP contribution < -0.4 is 0 Å². The largest absolute Gasteiger partial charge is 0.359 e. The van der Waals surface area contributed by atoms with Gasteiger partial charge in [0.25, 0.3) is 0 Å². The smallest absolute Gasteiger partial charge is 0.158 e. The fraction of sp³-hybridized carbons (Fsp3) is 0.125. The van der Waals surface area contributed by atoms with Gasteiger partial charge >= 0.3 is 0 Å². The van der Waals surface area contributed by atoms with E-state index in [1.54, 1.807) is 42.5 Å². The molecule has 0 saturated heterocycles. The maximum atomic E-state index is 14.0. The SMILES string of the molecule is C=C1C=NN(Cc2cc(-c3ccc(C)cc3)no2)C=C1N=C(C)c1ccccc1F. The highest BCUT2D eigenvalue weighted by molar-refractivity contribution is 6.00. The number of nitrogens with zero attached hydrogens (tertiary/aromatic N) is 4. The first-order valence-corrected chi connectivity index (χ1v) is 9.54. The van der Waals surface area contributed by atoms with Crippen molar-refractivity contribution in [3.05, 3.63) is 101 Å². The van der Waals surface area contributed by atoms with Crippen LogP contribution in [-0.2, 0) is 6.54 Å². The highest BCUT2D eigenvalue weighted by atomic mass is 19.1. The Morgan fingerprint density at radius 2 is 1.93 bits per heavy atom. The van der Waals surface area contributed by atoms with E-state index in [1.807, 2.05) is 37.3 Å². The van der Waals surface area contributed by atoms with Crippen LogP contribution in [0.4, 0.5) is 4.39 Å². The zero-order valence-electron chi connectivity index (χ0n) is 16.8. The highest BCUT2D eigenvalue weighted by Crippen LogP contribution is 2.23. The third-order valence-corrected chi connectivity index (χ3v) is 4.74. The van der Waals surface area contributed by atoms with Crippen molar-refractivity contribution in [1.82, 2.24) is 10.2 Å². The van der Waals surface area contributed by atoms with Gasteiger partial charge in [0.15, 0.2) is 5.76 Å². The van der Waals surface area contributed by atoms with Crippen molar-refractivity contribution >= 4 is 11.9 Å². The van der Waals surface area contributed by atoms with Crippen molar-refractivity contribution in [2.45, 2.75) is 20.4 Å². The fourth-order valence-corrected chi connectivity index (χ4v) is 3.06. The Bertz CT molecular complexity index is 1170. The summed E-state index contributed by atoms with van der Waals surface area (Å²) >= 11 is 0. The lowest BCUT2D eigenvalue weighted by atomic mass is 10.1. The molecule has 4 rings (SSSR count). The molecule has 0 atom stereocenters. The lowest BCUT2D eigenvalue weighted by molar-refractivity contribution is 0.305. The van der Waals surface area contributed by atoms with E-state index >= 15 is 0 Å². The number of halogens is 1. The molecule has 0 amide bonds. The summed E-state index contributed by atoms with van der Waals surface area (Å²) in [7, 11) is 0. The monoisotopic (exact) mass is 400 g/mol. The predicted octanol–water partition coefficient (Wildman–Crippen LogP) is 5.50. The number of aryl methyl sites for hydroxylation is 1. The van der Waals surface area contributed by atoms with Crippen LogP contribution in [0.3, 0.4) is 0 Å². The van der Waals surface area contributed by atoms with Gasteiger partial charge in [0.2, 0.25) is 0 Å². The summed E-state index contributed by atoms with van der Waals surface area (Å²) in [6.07, 6.45) is 3.39. The molecule has 150 valence electrons.